The van der Waals surface area contributed by atoms with E-state index in [9.17, 15) is 15.0 Å². The van der Waals surface area contributed by atoms with Gasteiger partial charge in [-0.15, -0.1) is 0 Å². The molecule has 2 N–H and O–H groups in total. The minimum Gasteiger partial charge on any atom is -0.393 e. The Bertz CT molecular complexity index is 551. The molecule has 4 saturated carbocycles. The fraction of sp³-hybridized carbons (Fsp3) is 0.952. The summed E-state index contributed by atoms with van der Waals surface area (Å²) in [7, 11) is 0. The lowest BCUT2D eigenvalue weighted by molar-refractivity contribution is -0.165. The minimum atomic E-state index is -0.286. The number of aliphatic hydroxyl groups is 2. The Hall–Kier alpha value is -0.0600. The average Bonchev–Trinajstić information content (AvgIpc) is 2.84. The number of thioether (sulfide) groups is 1. The Morgan fingerprint density at radius 3 is 2.44 bits per heavy atom. The third-order valence-electron chi connectivity index (χ3n) is 9.00. The van der Waals surface area contributed by atoms with Gasteiger partial charge in [0.15, 0.2) is 5.12 Å². The first kappa shape index (κ1) is 18.3. The van der Waals surface area contributed by atoms with Gasteiger partial charge in [-0.2, -0.15) is 0 Å². The molecule has 4 heteroatoms. The normalized spacial score (nSPS) is 55.2. The zero-order valence-corrected chi connectivity index (χ0v) is 16.7. The van der Waals surface area contributed by atoms with E-state index in [0.717, 1.165) is 32.1 Å². The average molecular weight is 367 g/mol. The van der Waals surface area contributed by atoms with Gasteiger partial charge in [-0.3, -0.25) is 4.79 Å². The van der Waals surface area contributed by atoms with Crippen molar-refractivity contribution in [2.24, 2.45) is 34.5 Å². The Labute approximate surface area is 156 Å². The van der Waals surface area contributed by atoms with Crippen molar-refractivity contribution in [2.75, 3.05) is 0 Å². The second-order valence-electron chi connectivity index (χ2n) is 9.87. The summed E-state index contributed by atoms with van der Waals surface area (Å²) in [6.07, 6.45) is 8.28. The van der Waals surface area contributed by atoms with Crippen LogP contribution in [0.3, 0.4) is 0 Å². The van der Waals surface area contributed by atoms with Crippen LogP contribution in [0.4, 0.5) is 0 Å². The number of hydrogen-bond acceptors (Lipinski definition) is 4. The van der Waals surface area contributed by atoms with Crippen molar-refractivity contribution in [3.63, 3.8) is 0 Å². The Morgan fingerprint density at radius 2 is 1.72 bits per heavy atom. The van der Waals surface area contributed by atoms with Crippen LogP contribution in [0, 0.1) is 34.5 Å². The maximum absolute atomic E-state index is 11.5. The van der Waals surface area contributed by atoms with Gasteiger partial charge in [0.1, 0.15) is 0 Å². The van der Waals surface area contributed by atoms with E-state index in [1.165, 1.54) is 31.0 Å². The monoisotopic (exact) mass is 366 g/mol. The van der Waals surface area contributed by atoms with Crippen molar-refractivity contribution in [1.82, 2.24) is 0 Å². The molecule has 4 unspecified atom stereocenters. The summed E-state index contributed by atoms with van der Waals surface area (Å²) in [5.41, 5.74) is 0.114. The first-order chi connectivity index (χ1) is 11.8. The van der Waals surface area contributed by atoms with Gasteiger partial charge >= 0.3 is 0 Å². The van der Waals surface area contributed by atoms with Gasteiger partial charge < -0.3 is 10.2 Å². The molecule has 3 nitrogen and oxygen atoms in total. The highest BCUT2D eigenvalue weighted by Gasteiger charge is 2.62. The molecular weight excluding hydrogens is 332 g/mol. The molecule has 0 spiro atoms. The minimum absolute atomic E-state index is 0.00559. The third-order valence-corrected chi connectivity index (χ3v) is 10.0. The van der Waals surface area contributed by atoms with E-state index in [1.54, 1.807) is 6.92 Å². The van der Waals surface area contributed by atoms with Crippen LogP contribution in [-0.2, 0) is 4.79 Å². The summed E-state index contributed by atoms with van der Waals surface area (Å²) in [5, 5.41) is 22.2. The van der Waals surface area contributed by atoms with Crippen molar-refractivity contribution >= 4 is 16.9 Å². The van der Waals surface area contributed by atoms with Crippen molar-refractivity contribution < 1.29 is 15.0 Å². The van der Waals surface area contributed by atoms with Crippen LogP contribution in [-0.4, -0.2) is 32.8 Å². The largest absolute Gasteiger partial charge is 0.393 e. The molecule has 0 aliphatic heterocycles. The lowest BCUT2D eigenvalue weighted by Crippen LogP contribution is -2.59. The van der Waals surface area contributed by atoms with E-state index in [1.807, 2.05) is 0 Å². The molecule has 0 heterocycles. The van der Waals surface area contributed by atoms with Crippen LogP contribution < -0.4 is 0 Å². The topological polar surface area (TPSA) is 57.5 Å². The molecule has 0 aromatic heterocycles. The molecule has 0 amide bonds. The molecule has 4 rings (SSSR count). The van der Waals surface area contributed by atoms with E-state index in [2.05, 4.69) is 13.8 Å². The maximum Gasteiger partial charge on any atom is 0.186 e. The molecule has 0 aromatic rings. The van der Waals surface area contributed by atoms with Crippen LogP contribution in [0.5, 0.6) is 0 Å². The quantitative estimate of drug-likeness (QED) is 0.736. The summed E-state index contributed by atoms with van der Waals surface area (Å²) >= 11 is 1.45. The van der Waals surface area contributed by atoms with Gasteiger partial charge in [-0.25, -0.2) is 0 Å². The second kappa shape index (κ2) is 6.24. The summed E-state index contributed by atoms with van der Waals surface area (Å²) < 4.78 is 0. The molecule has 25 heavy (non-hydrogen) atoms. The highest BCUT2D eigenvalue weighted by atomic mass is 32.2. The lowest BCUT2D eigenvalue weighted by atomic mass is 9.44. The predicted molar refractivity (Wildman–Crippen MR) is 101 cm³/mol. The summed E-state index contributed by atoms with van der Waals surface area (Å²) in [6, 6.07) is 0. The fourth-order valence-electron chi connectivity index (χ4n) is 7.58. The van der Waals surface area contributed by atoms with E-state index in [4.69, 9.17) is 0 Å². The number of carbonyl (C=O) groups excluding carboxylic acids is 1. The first-order valence-electron chi connectivity index (χ1n) is 10.3. The van der Waals surface area contributed by atoms with E-state index >= 15 is 0 Å². The molecule has 0 saturated heterocycles. The molecule has 142 valence electrons. The smallest absolute Gasteiger partial charge is 0.186 e. The molecule has 4 aliphatic carbocycles. The molecule has 0 radical (unpaired) electrons. The van der Waals surface area contributed by atoms with Crippen LogP contribution >= 0.6 is 11.8 Å². The van der Waals surface area contributed by atoms with Crippen LogP contribution in [0.1, 0.15) is 72.1 Å². The number of carbonyl (C=O) groups is 1. The number of rotatable bonds is 1. The van der Waals surface area contributed by atoms with E-state index < -0.39 is 0 Å². The number of aliphatic hydroxyl groups excluding tert-OH is 2. The molecule has 4 fully saturated rings. The van der Waals surface area contributed by atoms with E-state index in [-0.39, 0.29) is 28.2 Å². The van der Waals surface area contributed by atoms with Crippen molar-refractivity contribution in [3.8, 4) is 0 Å². The standard InChI is InChI=1S/C21H34O3S/c1-12(22)25-14-10-13-4-5-15-16-6-7-18(23)20(16,2)9-8-17(15)21(13,3)19(24)11-14/h13-19,23-24H,4-11H2,1-3H3/t13?,14?,15-,16-,17+,18?,19?,20-,21-/m0/s1. The Balaban J connectivity index is 1.58. The molecular formula is C21H34O3S. The summed E-state index contributed by atoms with van der Waals surface area (Å²) in [4.78, 5) is 11.5. The second-order valence-corrected chi connectivity index (χ2v) is 11.4. The van der Waals surface area contributed by atoms with Crippen LogP contribution in [0.15, 0.2) is 0 Å². The number of hydrogen-bond donors (Lipinski definition) is 2. The summed E-state index contributed by atoms with van der Waals surface area (Å²) in [5.74, 6) is 2.44. The Morgan fingerprint density at radius 1 is 0.960 bits per heavy atom. The van der Waals surface area contributed by atoms with Crippen molar-refractivity contribution in [3.05, 3.63) is 0 Å². The molecule has 0 bridgehead atoms. The fourth-order valence-corrected chi connectivity index (χ4v) is 8.66. The summed E-state index contributed by atoms with van der Waals surface area (Å²) in [6.45, 7) is 6.31. The zero-order chi connectivity index (χ0) is 18.0. The van der Waals surface area contributed by atoms with Crippen molar-refractivity contribution in [1.29, 1.82) is 0 Å². The third kappa shape index (κ3) is 2.65. The van der Waals surface area contributed by atoms with Gasteiger partial charge in [-0.05, 0) is 85.9 Å². The van der Waals surface area contributed by atoms with Crippen LogP contribution in [0.25, 0.3) is 0 Å². The SMILES string of the molecule is CC(=O)SC1CC(O)[C@@]2(C)C(CC[C@@H]3[C@H]2CC[C@]2(C)C(O)CC[C@@H]32)C1. The molecule has 9 atom stereocenters. The predicted octanol–water partition coefficient (Wildman–Crippen LogP) is 4.01. The highest BCUT2D eigenvalue weighted by Crippen LogP contribution is 2.66. The zero-order valence-electron chi connectivity index (χ0n) is 15.9. The first-order valence-corrected chi connectivity index (χ1v) is 11.2. The van der Waals surface area contributed by atoms with Gasteiger partial charge in [0, 0.05) is 12.2 Å². The molecule has 0 aromatic carbocycles. The number of fused-ring (bicyclic) bond motifs is 5. The van der Waals surface area contributed by atoms with E-state index in [0.29, 0.717) is 28.9 Å². The van der Waals surface area contributed by atoms with Gasteiger partial charge in [0.2, 0.25) is 0 Å². The lowest BCUT2D eigenvalue weighted by Gasteiger charge is -2.62. The van der Waals surface area contributed by atoms with Crippen molar-refractivity contribution in [2.45, 2.75) is 89.6 Å². The molecule has 4 aliphatic rings. The van der Waals surface area contributed by atoms with Gasteiger partial charge in [-0.1, -0.05) is 25.6 Å². The Kier molecular flexibility index (Phi) is 4.57. The van der Waals surface area contributed by atoms with Crippen LogP contribution in [0.2, 0.25) is 0 Å². The van der Waals surface area contributed by atoms with Gasteiger partial charge in [0.05, 0.1) is 12.2 Å². The maximum atomic E-state index is 11.5. The van der Waals surface area contributed by atoms with Gasteiger partial charge in [0.25, 0.3) is 0 Å². The highest BCUT2D eigenvalue weighted by molar-refractivity contribution is 8.14.